The number of halogens is 2. The Balaban J connectivity index is 1.95. The first-order valence-corrected chi connectivity index (χ1v) is 6.48. The van der Waals surface area contributed by atoms with Crippen LogP contribution in [0.5, 0.6) is 0 Å². The molecule has 19 heavy (non-hydrogen) atoms. The van der Waals surface area contributed by atoms with Crippen LogP contribution in [-0.4, -0.2) is 15.5 Å². The lowest BCUT2D eigenvalue weighted by molar-refractivity contribution is -0.0513. The smallest absolute Gasteiger partial charge is 0.248 e. The molecule has 1 heterocycles. The maximum atomic E-state index is 13.2. The van der Waals surface area contributed by atoms with Gasteiger partial charge in [-0.05, 0) is 30.5 Å². The van der Waals surface area contributed by atoms with Gasteiger partial charge in [-0.1, -0.05) is 6.07 Å². The van der Waals surface area contributed by atoms with E-state index in [0.29, 0.717) is 12.8 Å². The second-order valence-electron chi connectivity index (χ2n) is 5.57. The zero-order valence-electron chi connectivity index (χ0n) is 10.9. The van der Waals surface area contributed by atoms with Crippen molar-refractivity contribution >= 4 is 11.0 Å². The van der Waals surface area contributed by atoms with Gasteiger partial charge in [0.2, 0.25) is 5.92 Å². The van der Waals surface area contributed by atoms with E-state index in [-0.39, 0.29) is 12.8 Å². The van der Waals surface area contributed by atoms with Gasteiger partial charge in [-0.15, -0.1) is 0 Å². The number of nitrogens with two attached hydrogens (primary N) is 1. The summed E-state index contributed by atoms with van der Waals surface area (Å²) < 4.78 is 28.4. The standard InChI is InChI=1S/C14H17F2N3/c1-19-9-18-11-8-10(2-3-12(11)19)13(17)4-6-14(15,16)7-5-13/h2-3,8-9H,4-7,17H2,1H3. The third kappa shape index (κ3) is 2.12. The maximum absolute atomic E-state index is 13.2. The number of benzene rings is 1. The van der Waals surface area contributed by atoms with Gasteiger partial charge in [0.1, 0.15) is 0 Å². The highest BCUT2D eigenvalue weighted by Gasteiger charge is 2.42. The Morgan fingerprint density at radius 2 is 1.89 bits per heavy atom. The van der Waals surface area contributed by atoms with Gasteiger partial charge in [0.25, 0.3) is 0 Å². The van der Waals surface area contributed by atoms with E-state index in [1.165, 1.54) is 0 Å². The van der Waals surface area contributed by atoms with E-state index in [2.05, 4.69) is 4.98 Å². The van der Waals surface area contributed by atoms with E-state index in [4.69, 9.17) is 5.73 Å². The minimum absolute atomic E-state index is 0.135. The lowest BCUT2D eigenvalue weighted by atomic mass is 9.76. The fourth-order valence-electron chi connectivity index (χ4n) is 2.80. The molecular formula is C14H17F2N3. The zero-order chi connectivity index (χ0) is 13.7. The third-order valence-corrected chi connectivity index (χ3v) is 4.17. The number of rotatable bonds is 1. The van der Waals surface area contributed by atoms with E-state index in [9.17, 15) is 8.78 Å². The van der Waals surface area contributed by atoms with Crippen molar-refractivity contribution in [1.29, 1.82) is 0 Å². The lowest BCUT2D eigenvalue weighted by Crippen LogP contribution is -2.43. The van der Waals surface area contributed by atoms with Gasteiger partial charge in [-0.3, -0.25) is 0 Å². The van der Waals surface area contributed by atoms with Crippen molar-refractivity contribution in [3.8, 4) is 0 Å². The van der Waals surface area contributed by atoms with Gasteiger partial charge in [-0.25, -0.2) is 13.8 Å². The topological polar surface area (TPSA) is 43.8 Å². The molecule has 1 saturated carbocycles. The molecule has 1 aromatic carbocycles. The molecule has 0 aliphatic heterocycles. The van der Waals surface area contributed by atoms with Crippen LogP contribution in [0.25, 0.3) is 11.0 Å². The summed E-state index contributed by atoms with van der Waals surface area (Å²) in [5.74, 6) is -2.56. The molecule has 1 aliphatic carbocycles. The highest BCUT2D eigenvalue weighted by Crippen LogP contribution is 2.42. The van der Waals surface area contributed by atoms with E-state index >= 15 is 0 Å². The molecule has 0 saturated heterocycles. The predicted octanol–water partition coefficient (Wildman–Crippen LogP) is 2.94. The summed E-state index contributed by atoms with van der Waals surface area (Å²) in [6.45, 7) is 0. The molecular weight excluding hydrogens is 248 g/mol. The van der Waals surface area contributed by atoms with Crippen LogP contribution in [0.4, 0.5) is 8.78 Å². The number of nitrogens with zero attached hydrogens (tertiary/aromatic N) is 2. The molecule has 2 N–H and O–H groups in total. The Morgan fingerprint density at radius 1 is 1.21 bits per heavy atom. The van der Waals surface area contributed by atoms with Crippen molar-refractivity contribution in [2.24, 2.45) is 12.8 Å². The highest BCUT2D eigenvalue weighted by atomic mass is 19.3. The molecule has 0 atom stereocenters. The molecule has 3 nitrogen and oxygen atoms in total. The van der Waals surface area contributed by atoms with Crippen LogP contribution in [0.15, 0.2) is 24.5 Å². The molecule has 0 unspecified atom stereocenters. The lowest BCUT2D eigenvalue weighted by Gasteiger charge is -2.37. The maximum Gasteiger partial charge on any atom is 0.248 e. The molecule has 1 aliphatic rings. The van der Waals surface area contributed by atoms with Crippen molar-refractivity contribution in [3.63, 3.8) is 0 Å². The molecule has 5 heteroatoms. The van der Waals surface area contributed by atoms with Gasteiger partial charge in [0.05, 0.1) is 17.4 Å². The van der Waals surface area contributed by atoms with E-state index in [1.54, 1.807) is 6.33 Å². The first-order chi connectivity index (χ1) is 8.90. The van der Waals surface area contributed by atoms with Crippen LogP contribution in [0.3, 0.4) is 0 Å². The second kappa shape index (κ2) is 4.00. The molecule has 0 spiro atoms. The monoisotopic (exact) mass is 265 g/mol. The van der Waals surface area contributed by atoms with E-state index in [0.717, 1.165) is 16.6 Å². The average molecular weight is 265 g/mol. The normalized spacial score (nSPS) is 21.7. The van der Waals surface area contributed by atoms with Crippen molar-refractivity contribution < 1.29 is 8.78 Å². The summed E-state index contributed by atoms with van der Waals surface area (Å²) in [6, 6.07) is 5.82. The number of hydrogen-bond donors (Lipinski definition) is 1. The molecule has 102 valence electrons. The fourth-order valence-corrected chi connectivity index (χ4v) is 2.80. The Kier molecular flexibility index (Phi) is 2.64. The Morgan fingerprint density at radius 3 is 2.58 bits per heavy atom. The number of aryl methyl sites for hydroxylation is 1. The molecule has 0 bridgehead atoms. The Hall–Kier alpha value is -1.49. The van der Waals surface area contributed by atoms with Crippen molar-refractivity contribution in [2.45, 2.75) is 37.1 Å². The summed E-state index contributed by atoms with van der Waals surface area (Å²) in [5.41, 5.74) is 8.48. The molecule has 0 amide bonds. The second-order valence-corrected chi connectivity index (χ2v) is 5.57. The molecule has 0 radical (unpaired) electrons. The SMILES string of the molecule is Cn1cnc2cc(C3(N)CCC(F)(F)CC3)ccc21. The van der Waals surface area contributed by atoms with Crippen molar-refractivity contribution in [3.05, 3.63) is 30.1 Å². The highest BCUT2D eigenvalue weighted by molar-refractivity contribution is 5.76. The van der Waals surface area contributed by atoms with Crippen LogP contribution in [0, 0.1) is 0 Å². The van der Waals surface area contributed by atoms with Gasteiger partial charge < -0.3 is 10.3 Å². The third-order valence-electron chi connectivity index (χ3n) is 4.17. The van der Waals surface area contributed by atoms with Crippen LogP contribution >= 0.6 is 0 Å². The molecule has 1 fully saturated rings. The number of aromatic nitrogens is 2. The van der Waals surface area contributed by atoms with Crippen LogP contribution in [0.2, 0.25) is 0 Å². The predicted molar refractivity (Wildman–Crippen MR) is 70.0 cm³/mol. The van der Waals surface area contributed by atoms with E-state index < -0.39 is 11.5 Å². The van der Waals surface area contributed by atoms with Gasteiger partial charge in [-0.2, -0.15) is 0 Å². The fraction of sp³-hybridized carbons (Fsp3) is 0.500. The zero-order valence-corrected chi connectivity index (χ0v) is 10.9. The molecule has 1 aromatic heterocycles. The summed E-state index contributed by atoms with van der Waals surface area (Å²) >= 11 is 0. The van der Waals surface area contributed by atoms with E-state index in [1.807, 2.05) is 29.8 Å². The van der Waals surface area contributed by atoms with Crippen LogP contribution < -0.4 is 5.73 Å². The average Bonchev–Trinajstić information content (AvgIpc) is 2.75. The minimum atomic E-state index is -2.56. The number of hydrogen-bond acceptors (Lipinski definition) is 2. The number of fused-ring (bicyclic) bond motifs is 1. The van der Waals surface area contributed by atoms with Gasteiger partial charge in [0, 0.05) is 25.4 Å². The molecule has 2 aromatic rings. The van der Waals surface area contributed by atoms with Crippen LogP contribution in [-0.2, 0) is 12.6 Å². The number of imidazole rings is 1. The van der Waals surface area contributed by atoms with Crippen molar-refractivity contribution in [1.82, 2.24) is 9.55 Å². The van der Waals surface area contributed by atoms with Crippen molar-refractivity contribution in [2.75, 3.05) is 0 Å². The first-order valence-electron chi connectivity index (χ1n) is 6.48. The quantitative estimate of drug-likeness (QED) is 0.861. The molecule has 3 rings (SSSR count). The largest absolute Gasteiger partial charge is 0.334 e. The van der Waals surface area contributed by atoms with Crippen LogP contribution in [0.1, 0.15) is 31.2 Å². The summed E-state index contributed by atoms with van der Waals surface area (Å²) in [4.78, 5) is 4.29. The summed E-state index contributed by atoms with van der Waals surface area (Å²) in [6.07, 6.45) is 2.11. The summed E-state index contributed by atoms with van der Waals surface area (Å²) in [7, 11) is 1.92. The van der Waals surface area contributed by atoms with Gasteiger partial charge in [0.15, 0.2) is 0 Å². The minimum Gasteiger partial charge on any atom is -0.334 e. The number of alkyl halides is 2. The Labute approximate surface area is 110 Å². The summed E-state index contributed by atoms with van der Waals surface area (Å²) in [5, 5.41) is 0. The first kappa shape index (κ1) is 12.5. The Bertz CT molecular complexity index is 608. The van der Waals surface area contributed by atoms with Gasteiger partial charge >= 0.3 is 0 Å².